The van der Waals surface area contributed by atoms with Gasteiger partial charge in [-0.15, -0.1) is 0 Å². The number of hydrogen-bond acceptors (Lipinski definition) is 7. The van der Waals surface area contributed by atoms with Crippen molar-refractivity contribution < 1.29 is 24.0 Å². The zero-order chi connectivity index (χ0) is 21.1. The molecule has 3 rings (SSSR count). The third kappa shape index (κ3) is 4.23. The number of anilines is 1. The monoisotopic (exact) mass is 508 g/mol. The number of nitrogens with one attached hydrogen (secondary N) is 1. The number of hydrogen-bond donors (Lipinski definition) is 1. The third-order valence-corrected chi connectivity index (χ3v) is 4.74. The van der Waals surface area contributed by atoms with Crippen LogP contribution in [0.25, 0.3) is 0 Å². The van der Waals surface area contributed by atoms with Gasteiger partial charge in [0.05, 0.1) is 17.7 Å². The van der Waals surface area contributed by atoms with Crippen molar-refractivity contribution in [3.05, 3.63) is 56.1 Å². The molecule has 10 nitrogen and oxygen atoms in total. The standard InChI is InChI=1S/C18H13IN4O6/c1-29-15-7-6-12(23(27)28)8-14(15)20-9-13-16(24)21-18(26)22(17(13)25)11-4-2-10(19)3-5-11/h2-9,13H,1H3,(H,21,24,26)/t13-/m0/s1. The first-order valence-corrected chi connectivity index (χ1v) is 9.20. The van der Waals surface area contributed by atoms with Gasteiger partial charge in [-0.2, -0.15) is 0 Å². The quantitative estimate of drug-likeness (QED) is 0.217. The lowest BCUT2D eigenvalue weighted by molar-refractivity contribution is -0.384. The molecule has 0 aromatic heterocycles. The second-order valence-corrected chi connectivity index (χ2v) is 7.06. The minimum atomic E-state index is -1.39. The molecule has 0 saturated carbocycles. The van der Waals surface area contributed by atoms with Gasteiger partial charge in [0, 0.05) is 21.9 Å². The maximum absolute atomic E-state index is 12.8. The summed E-state index contributed by atoms with van der Waals surface area (Å²) in [6.45, 7) is 0. The van der Waals surface area contributed by atoms with Gasteiger partial charge >= 0.3 is 6.03 Å². The number of urea groups is 1. The number of nitrogens with zero attached hydrogens (tertiary/aromatic N) is 3. The van der Waals surface area contributed by atoms with Crippen molar-refractivity contribution in [2.75, 3.05) is 12.0 Å². The first-order chi connectivity index (χ1) is 13.8. The molecule has 4 amide bonds. The van der Waals surface area contributed by atoms with E-state index >= 15 is 0 Å². The molecule has 29 heavy (non-hydrogen) atoms. The molecule has 0 radical (unpaired) electrons. The van der Waals surface area contributed by atoms with Gasteiger partial charge in [0.2, 0.25) is 5.91 Å². The van der Waals surface area contributed by atoms with E-state index in [0.29, 0.717) is 5.69 Å². The molecule has 0 bridgehead atoms. The van der Waals surface area contributed by atoms with E-state index in [4.69, 9.17) is 4.74 Å². The third-order valence-electron chi connectivity index (χ3n) is 4.02. The Balaban J connectivity index is 1.93. The Morgan fingerprint density at radius 2 is 1.90 bits per heavy atom. The van der Waals surface area contributed by atoms with Crippen LogP contribution in [0.15, 0.2) is 47.5 Å². The van der Waals surface area contributed by atoms with Gasteiger partial charge in [0.25, 0.3) is 11.6 Å². The Morgan fingerprint density at radius 3 is 2.52 bits per heavy atom. The molecule has 1 heterocycles. The number of ether oxygens (including phenoxy) is 1. The van der Waals surface area contributed by atoms with E-state index in [0.717, 1.165) is 20.8 Å². The normalized spacial score (nSPS) is 16.8. The zero-order valence-corrected chi connectivity index (χ0v) is 17.0. The lowest BCUT2D eigenvalue weighted by Gasteiger charge is -2.28. The maximum Gasteiger partial charge on any atom is 0.335 e. The summed E-state index contributed by atoms with van der Waals surface area (Å²) in [5.41, 5.74) is 0.139. The highest BCUT2D eigenvalue weighted by Crippen LogP contribution is 2.31. The van der Waals surface area contributed by atoms with Crippen molar-refractivity contribution in [1.29, 1.82) is 0 Å². The molecule has 0 spiro atoms. The number of benzene rings is 2. The number of halogens is 1. The molecule has 0 aliphatic carbocycles. The Bertz CT molecular complexity index is 1040. The van der Waals surface area contributed by atoms with Gasteiger partial charge in [-0.25, -0.2) is 9.69 Å². The van der Waals surface area contributed by atoms with Crippen LogP contribution in [0.3, 0.4) is 0 Å². The molecule has 1 aliphatic heterocycles. The number of carbonyl (C=O) groups is 3. The number of rotatable bonds is 5. The predicted molar refractivity (Wildman–Crippen MR) is 111 cm³/mol. The average molecular weight is 508 g/mol. The maximum atomic E-state index is 12.8. The summed E-state index contributed by atoms with van der Waals surface area (Å²) in [5, 5.41) is 13.1. The van der Waals surface area contributed by atoms with Crippen molar-refractivity contribution in [3.63, 3.8) is 0 Å². The van der Waals surface area contributed by atoms with Crippen LogP contribution in [0.4, 0.5) is 21.9 Å². The van der Waals surface area contributed by atoms with Crippen molar-refractivity contribution >= 4 is 63.7 Å². The van der Waals surface area contributed by atoms with E-state index in [1.54, 1.807) is 24.3 Å². The molecule has 1 saturated heterocycles. The topological polar surface area (TPSA) is 131 Å². The Hall–Kier alpha value is -3.35. The molecule has 2 aromatic carbocycles. The summed E-state index contributed by atoms with van der Waals surface area (Å²) in [4.78, 5) is 52.4. The van der Waals surface area contributed by atoms with E-state index in [-0.39, 0.29) is 17.1 Å². The number of aliphatic imine (C=N–C) groups is 1. The minimum absolute atomic E-state index is 0.0695. The SMILES string of the molecule is COc1ccc([N+](=O)[O-])cc1N=C[C@H]1C(=O)NC(=O)N(c2ccc(I)cc2)C1=O. The summed E-state index contributed by atoms with van der Waals surface area (Å²) in [6.07, 6.45) is 1.03. The highest BCUT2D eigenvalue weighted by Gasteiger charge is 2.40. The van der Waals surface area contributed by atoms with Gasteiger partial charge in [0.15, 0.2) is 5.92 Å². The summed E-state index contributed by atoms with van der Waals surface area (Å²) < 4.78 is 6.01. The fraction of sp³-hybridized carbons (Fsp3) is 0.111. The summed E-state index contributed by atoms with van der Waals surface area (Å²) in [7, 11) is 1.36. The van der Waals surface area contributed by atoms with Crippen molar-refractivity contribution in [2.45, 2.75) is 0 Å². The van der Waals surface area contributed by atoms with Crippen LogP contribution in [-0.2, 0) is 9.59 Å². The number of imide groups is 2. The largest absolute Gasteiger partial charge is 0.494 e. The van der Waals surface area contributed by atoms with Crippen LogP contribution in [0.2, 0.25) is 0 Å². The van der Waals surface area contributed by atoms with Crippen LogP contribution in [0, 0.1) is 19.6 Å². The van der Waals surface area contributed by atoms with Crippen LogP contribution in [0.5, 0.6) is 5.75 Å². The van der Waals surface area contributed by atoms with Crippen LogP contribution < -0.4 is 15.0 Å². The van der Waals surface area contributed by atoms with Gasteiger partial charge in [0.1, 0.15) is 11.4 Å². The number of methoxy groups -OCH3 is 1. The van der Waals surface area contributed by atoms with E-state index in [1.165, 1.54) is 19.2 Å². The van der Waals surface area contributed by atoms with Gasteiger partial charge in [-0.3, -0.25) is 30.0 Å². The lowest BCUT2D eigenvalue weighted by atomic mass is 10.1. The molecule has 1 N–H and O–H groups in total. The molecule has 1 aliphatic rings. The number of non-ortho nitro benzene ring substituents is 1. The second kappa shape index (κ2) is 8.34. The number of amides is 4. The number of barbiturate groups is 1. The molecule has 1 atom stereocenters. The molecule has 148 valence electrons. The van der Waals surface area contributed by atoms with E-state index < -0.39 is 28.7 Å². The average Bonchev–Trinajstić information content (AvgIpc) is 2.68. The first kappa shape index (κ1) is 20.4. The first-order valence-electron chi connectivity index (χ1n) is 8.13. The lowest BCUT2D eigenvalue weighted by Crippen LogP contribution is -2.58. The molecular formula is C18H13IN4O6. The van der Waals surface area contributed by atoms with Crippen LogP contribution in [-0.4, -0.2) is 36.1 Å². The predicted octanol–water partition coefficient (Wildman–Crippen LogP) is 2.81. The summed E-state index contributed by atoms with van der Waals surface area (Å²) in [5.74, 6) is -2.79. The highest BCUT2D eigenvalue weighted by molar-refractivity contribution is 14.1. The molecular weight excluding hydrogens is 495 g/mol. The number of nitro groups is 1. The molecule has 1 fully saturated rings. The summed E-state index contributed by atoms with van der Waals surface area (Å²) >= 11 is 2.08. The highest BCUT2D eigenvalue weighted by atomic mass is 127. The van der Waals surface area contributed by atoms with E-state index in [1.807, 2.05) is 0 Å². The molecule has 2 aromatic rings. The fourth-order valence-corrected chi connectivity index (χ4v) is 2.96. The van der Waals surface area contributed by atoms with Crippen molar-refractivity contribution in [1.82, 2.24) is 5.32 Å². The van der Waals surface area contributed by atoms with Gasteiger partial charge in [-0.1, -0.05) is 0 Å². The van der Waals surface area contributed by atoms with Crippen molar-refractivity contribution in [2.24, 2.45) is 10.9 Å². The smallest absolute Gasteiger partial charge is 0.335 e. The molecule has 0 unspecified atom stereocenters. The fourth-order valence-electron chi connectivity index (χ4n) is 2.60. The number of carbonyl (C=O) groups excluding carboxylic acids is 3. The van der Waals surface area contributed by atoms with Crippen LogP contribution in [0.1, 0.15) is 0 Å². The zero-order valence-electron chi connectivity index (χ0n) is 14.9. The second-order valence-electron chi connectivity index (χ2n) is 5.81. The summed E-state index contributed by atoms with van der Waals surface area (Å²) in [6, 6.07) is 9.47. The number of nitro benzene ring substituents is 1. The van der Waals surface area contributed by atoms with Gasteiger partial charge < -0.3 is 4.74 Å². The minimum Gasteiger partial charge on any atom is -0.494 e. The Kier molecular flexibility index (Phi) is 5.87. The Labute approximate surface area is 177 Å². The van der Waals surface area contributed by atoms with Gasteiger partial charge in [-0.05, 0) is 52.9 Å². The Morgan fingerprint density at radius 1 is 1.21 bits per heavy atom. The van der Waals surface area contributed by atoms with E-state index in [2.05, 4.69) is 32.9 Å². The molecule has 11 heteroatoms. The van der Waals surface area contributed by atoms with E-state index in [9.17, 15) is 24.5 Å². The van der Waals surface area contributed by atoms with Crippen molar-refractivity contribution in [3.8, 4) is 5.75 Å². The van der Waals surface area contributed by atoms with Crippen LogP contribution >= 0.6 is 22.6 Å².